The SMILES string of the molecule is CC(=O)c1ccc(NC(=O)C[NH2+][C@H](c2ccccc2)c2ccc(C)cc2)cc1. The summed E-state index contributed by atoms with van der Waals surface area (Å²) < 4.78 is 0. The van der Waals surface area contributed by atoms with E-state index in [2.05, 4.69) is 48.6 Å². The quantitative estimate of drug-likeness (QED) is 0.623. The lowest BCUT2D eigenvalue weighted by molar-refractivity contribution is -0.676. The fourth-order valence-corrected chi connectivity index (χ4v) is 3.12. The van der Waals surface area contributed by atoms with Crippen molar-refractivity contribution in [3.8, 4) is 0 Å². The summed E-state index contributed by atoms with van der Waals surface area (Å²) >= 11 is 0. The average Bonchev–Trinajstić information content (AvgIpc) is 2.70. The fourth-order valence-electron chi connectivity index (χ4n) is 3.12. The highest BCUT2D eigenvalue weighted by atomic mass is 16.2. The standard InChI is InChI=1S/C24H24N2O2/c1-17-8-10-21(11-9-17)24(20-6-4-3-5-7-20)25-16-23(28)26-22-14-12-19(13-15-22)18(2)27/h3-15,24-25H,16H2,1-2H3,(H,26,28)/p+1/t24-/m1/s1. The molecule has 0 radical (unpaired) electrons. The molecule has 0 heterocycles. The Balaban J connectivity index is 1.68. The molecule has 0 aliphatic carbocycles. The van der Waals surface area contributed by atoms with Gasteiger partial charge in [0.1, 0.15) is 6.04 Å². The lowest BCUT2D eigenvalue weighted by Crippen LogP contribution is -2.87. The second-order valence-electron chi connectivity index (χ2n) is 6.92. The molecule has 4 heteroatoms. The predicted molar refractivity (Wildman–Crippen MR) is 111 cm³/mol. The number of aryl methyl sites for hydroxylation is 1. The van der Waals surface area contributed by atoms with Gasteiger partial charge in [0.15, 0.2) is 12.3 Å². The number of carbonyl (C=O) groups is 2. The highest BCUT2D eigenvalue weighted by Gasteiger charge is 2.18. The number of carbonyl (C=O) groups excluding carboxylic acids is 2. The Hall–Kier alpha value is -3.24. The maximum atomic E-state index is 12.4. The first kappa shape index (κ1) is 19.5. The van der Waals surface area contributed by atoms with Crippen LogP contribution in [0.2, 0.25) is 0 Å². The van der Waals surface area contributed by atoms with Gasteiger partial charge in [-0.25, -0.2) is 0 Å². The number of nitrogens with one attached hydrogen (secondary N) is 1. The average molecular weight is 373 g/mol. The number of rotatable bonds is 7. The van der Waals surface area contributed by atoms with Crippen LogP contribution < -0.4 is 10.6 Å². The zero-order chi connectivity index (χ0) is 19.9. The highest BCUT2D eigenvalue weighted by molar-refractivity contribution is 5.95. The van der Waals surface area contributed by atoms with Crippen LogP contribution >= 0.6 is 0 Å². The van der Waals surface area contributed by atoms with Gasteiger partial charge in [0.25, 0.3) is 5.91 Å². The molecule has 3 N–H and O–H groups in total. The first-order valence-electron chi connectivity index (χ1n) is 9.38. The first-order chi connectivity index (χ1) is 13.5. The van der Waals surface area contributed by atoms with Crippen LogP contribution in [-0.4, -0.2) is 18.2 Å². The summed E-state index contributed by atoms with van der Waals surface area (Å²) in [6, 6.07) is 25.6. The molecule has 0 bridgehead atoms. The van der Waals surface area contributed by atoms with Gasteiger partial charge >= 0.3 is 0 Å². The Morgan fingerprint density at radius 2 is 1.46 bits per heavy atom. The number of anilines is 1. The molecular formula is C24H25N2O2+. The van der Waals surface area contributed by atoms with E-state index in [0.717, 1.165) is 11.1 Å². The molecule has 3 aromatic carbocycles. The molecular weight excluding hydrogens is 348 g/mol. The van der Waals surface area contributed by atoms with Crippen LogP contribution in [0.1, 0.15) is 40.0 Å². The first-order valence-corrected chi connectivity index (χ1v) is 9.38. The lowest BCUT2D eigenvalue weighted by Gasteiger charge is -2.17. The number of Topliss-reactive ketones (excluding diaryl/α,β-unsaturated/α-hetero) is 1. The molecule has 28 heavy (non-hydrogen) atoms. The largest absolute Gasteiger partial charge is 0.328 e. The molecule has 0 aromatic heterocycles. The van der Waals surface area contributed by atoms with Crippen molar-refractivity contribution >= 4 is 17.4 Å². The fraction of sp³-hybridized carbons (Fsp3) is 0.167. The molecule has 3 rings (SSSR count). The van der Waals surface area contributed by atoms with Gasteiger partial charge in [-0.05, 0) is 38.1 Å². The molecule has 1 amide bonds. The van der Waals surface area contributed by atoms with Crippen molar-refractivity contribution in [2.75, 3.05) is 11.9 Å². The Labute approximate surface area is 165 Å². The van der Waals surface area contributed by atoms with Crippen LogP contribution in [0.15, 0.2) is 78.9 Å². The van der Waals surface area contributed by atoms with Gasteiger partial charge in [0.2, 0.25) is 0 Å². The summed E-state index contributed by atoms with van der Waals surface area (Å²) in [5, 5.41) is 4.93. The molecule has 1 atom stereocenters. The van der Waals surface area contributed by atoms with E-state index in [9.17, 15) is 9.59 Å². The second kappa shape index (κ2) is 9.11. The van der Waals surface area contributed by atoms with Crippen LogP contribution in [0, 0.1) is 6.92 Å². The molecule has 0 saturated carbocycles. The minimum atomic E-state index is -0.0800. The van der Waals surface area contributed by atoms with Crippen molar-refractivity contribution < 1.29 is 14.9 Å². The van der Waals surface area contributed by atoms with E-state index in [4.69, 9.17) is 0 Å². The minimum Gasteiger partial charge on any atom is -0.328 e. The molecule has 0 aliphatic rings. The summed E-state index contributed by atoms with van der Waals surface area (Å²) in [4.78, 5) is 23.8. The summed E-state index contributed by atoms with van der Waals surface area (Å²) in [7, 11) is 0. The molecule has 0 saturated heterocycles. The van der Waals surface area contributed by atoms with Crippen molar-refractivity contribution in [3.05, 3.63) is 101 Å². The van der Waals surface area contributed by atoms with Gasteiger partial charge in [0.05, 0.1) is 0 Å². The van der Waals surface area contributed by atoms with Crippen molar-refractivity contribution in [1.82, 2.24) is 0 Å². The molecule has 0 spiro atoms. The molecule has 0 unspecified atom stereocenters. The molecule has 0 aliphatic heterocycles. The second-order valence-corrected chi connectivity index (χ2v) is 6.92. The van der Waals surface area contributed by atoms with E-state index >= 15 is 0 Å². The van der Waals surface area contributed by atoms with E-state index in [1.165, 1.54) is 12.5 Å². The summed E-state index contributed by atoms with van der Waals surface area (Å²) in [5.41, 5.74) is 4.85. The third-order valence-electron chi connectivity index (χ3n) is 4.71. The number of ketones is 1. The van der Waals surface area contributed by atoms with Gasteiger partial charge in [-0.2, -0.15) is 0 Å². The van der Waals surface area contributed by atoms with E-state index in [0.29, 0.717) is 17.8 Å². The van der Waals surface area contributed by atoms with Crippen molar-refractivity contribution in [2.24, 2.45) is 0 Å². The number of benzene rings is 3. The van der Waals surface area contributed by atoms with Crippen molar-refractivity contribution in [2.45, 2.75) is 19.9 Å². The van der Waals surface area contributed by atoms with E-state index in [1.54, 1.807) is 24.3 Å². The number of quaternary nitrogens is 1. The van der Waals surface area contributed by atoms with Crippen LogP contribution in [0.4, 0.5) is 5.69 Å². The minimum absolute atomic E-state index is 0.00927. The summed E-state index contributed by atoms with van der Waals surface area (Å²) in [6.07, 6.45) is 0. The van der Waals surface area contributed by atoms with Crippen molar-refractivity contribution in [3.63, 3.8) is 0 Å². The zero-order valence-corrected chi connectivity index (χ0v) is 16.2. The van der Waals surface area contributed by atoms with E-state index in [-0.39, 0.29) is 17.7 Å². The Morgan fingerprint density at radius 1 is 0.857 bits per heavy atom. The van der Waals surface area contributed by atoms with Gasteiger partial charge < -0.3 is 10.6 Å². The number of hydrogen-bond acceptors (Lipinski definition) is 2. The normalized spacial score (nSPS) is 11.6. The Morgan fingerprint density at radius 3 is 2.07 bits per heavy atom. The third kappa shape index (κ3) is 5.15. The van der Waals surface area contributed by atoms with Crippen molar-refractivity contribution in [1.29, 1.82) is 0 Å². The summed E-state index contributed by atoms with van der Waals surface area (Å²) in [6.45, 7) is 3.88. The van der Waals surface area contributed by atoms with E-state index in [1.807, 2.05) is 23.5 Å². The zero-order valence-electron chi connectivity index (χ0n) is 16.2. The number of hydrogen-bond donors (Lipinski definition) is 2. The summed E-state index contributed by atoms with van der Waals surface area (Å²) in [5.74, 6) is -0.0707. The molecule has 142 valence electrons. The smallest absolute Gasteiger partial charge is 0.279 e. The lowest BCUT2D eigenvalue weighted by atomic mass is 9.98. The molecule has 0 fully saturated rings. The van der Waals surface area contributed by atoms with Crippen LogP contribution in [-0.2, 0) is 4.79 Å². The van der Waals surface area contributed by atoms with Crippen LogP contribution in [0.5, 0.6) is 0 Å². The predicted octanol–water partition coefficient (Wildman–Crippen LogP) is 3.49. The maximum Gasteiger partial charge on any atom is 0.279 e. The van der Waals surface area contributed by atoms with Crippen LogP contribution in [0.25, 0.3) is 0 Å². The van der Waals surface area contributed by atoms with Gasteiger partial charge in [0, 0.05) is 22.4 Å². The number of nitrogens with two attached hydrogens (primary N) is 1. The number of amides is 1. The maximum absolute atomic E-state index is 12.4. The molecule has 4 nitrogen and oxygen atoms in total. The third-order valence-corrected chi connectivity index (χ3v) is 4.71. The molecule has 3 aromatic rings. The Kier molecular flexibility index (Phi) is 6.35. The highest BCUT2D eigenvalue weighted by Crippen LogP contribution is 2.18. The van der Waals surface area contributed by atoms with E-state index < -0.39 is 0 Å². The van der Waals surface area contributed by atoms with Crippen LogP contribution in [0.3, 0.4) is 0 Å². The van der Waals surface area contributed by atoms with Gasteiger partial charge in [-0.3, -0.25) is 9.59 Å². The van der Waals surface area contributed by atoms with Gasteiger partial charge in [-0.1, -0.05) is 60.2 Å². The Bertz CT molecular complexity index is 933. The monoisotopic (exact) mass is 373 g/mol. The topological polar surface area (TPSA) is 62.8 Å². The van der Waals surface area contributed by atoms with Gasteiger partial charge in [-0.15, -0.1) is 0 Å².